The first kappa shape index (κ1) is 12.0. The molecular formula is C10H18N2O3. The van der Waals surface area contributed by atoms with Crippen LogP contribution in [0.3, 0.4) is 0 Å². The van der Waals surface area contributed by atoms with Crippen molar-refractivity contribution in [2.45, 2.75) is 38.6 Å². The average Bonchev–Trinajstić information content (AvgIpc) is 2.47. The molecule has 0 saturated heterocycles. The van der Waals surface area contributed by atoms with Gasteiger partial charge in [0.05, 0.1) is 11.8 Å². The van der Waals surface area contributed by atoms with Crippen molar-refractivity contribution in [3.63, 3.8) is 0 Å². The summed E-state index contributed by atoms with van der Waals surface area (Å²) in [5, 5.41) is 11.1. The van der Waals surface area contributed by atoms with E-state index >= 15 is 0 Å². The molecule has 0 heterocycles. The Bertz CT molecular complexity index is 267. The smallest absolute Gasteiger partial charge is 0.305 e. The van der Waals surface area contributed by atoms with E-state index in [9.17, 15) is 9.59 Å². The van der Waals surface area contributed by atoms with Crippen molar-refractivity contribution in [3.8, 4) is 0 Å². The molecule has 0 bridgehead atoms. The predicted octanol–water partition coefficient (Wildman–Crippen LogP) is 0.0948. The fourth-order valence-corrected chi connectivity index (χ4v) is 1.96. The Morgan fingerprint density at radius 1 is 1.60 bits per heavy atom. The molecule has 15 heavy (non-hydrogen) atoms. The Kier molecular flexibility index (Phi) is 3.68. The summed E-state index contributed by atoms with van der Waals surface area (Å²) in [5.41, 5.74) is 5.35. The second kappa shape index (κ2) is 4.61. The molecule has 1 fully saturated rings. The van der Waals surface area contributed by atoms with E-state index in [0.717, 1.165) is 19.3 Å². The van der Waals surface area contributed by atoms with E-state index in [1.807, 2.05) is 6.92 Å². The molecule has 2 unspecified atom stereocenters. The third kappa shape index (κ3) is 2.68. The third-order valence-corrected chi connectivity index (χ3v) is 3.17. The largest absolute Gasteiger partial charge is 0.481 e. The van der Waals surface area contributed by atoms with Crippen LogP contribution in [-0.4, -0.2) is 29.6 Å². The lowest BCUT2D eigenvalue weighted by atomic mass is 9.84. The molecule has 1 rings (SSSR count). The summed E-state index contributed by atoms with van der Waals surface area (Å²) in [7, 11) is 0. The highest BCUT2D eigenvalue weighted by molar-refractivity contribution is 5.83. The molecule has 0 aromatic heterocycles. The summed E-state index contributed by atoms with van der Waals surface area (Å²) in [4.78, 5) is 22.0. The normalized spacial score (nSPS) is 30.1. The minimum absolute atomic E-state index is 0.0446. The van der Waals surface area contributed by atoms with Crippen LogP contribution in [0.5, 0.6) is 0 Å². The van der Waals surface area contributed by atoms with Crippen LogP contribution in [-0.2, 0) is 9.59 Å². The average molecular weight is 214 g/mol. The van der Waals surface area contributed by atoms with Crippen LogP contribution in [0.1, 0.15) is 32.6 Å². The standard InChI is InChI=1S/C10H18N2O3/c1-10(5-2-3-7(10)11)9(15)12-6-4-8(13)14/h7H,2-6,11H2,1H3,(H,12,15)(H,13,14). The lowest BCUT2D eigenvalue weighted by Crippen LogP contribution is -2.47. The highest BCUT2D eigenvalue weighted by Gasteiger charge is 2.42. The van der Waals surface area contributed by atoms with E-state index in [2.05, 4.69) is 5.32 Å². The van der Waals surface area contributed by atoms with Gasteiger partial charge >= 0.3 is 5.97 Å². The van der Waals surface area contributed by atoms with Crippen LogP contribution < -0.4 is 11.1 Å². The summed E-state index contributed by atoms with van der Waals surface area (Å²) in [6.07, 6.45) is 2.57. The Hall–Kier alpha value is -1.10. The molecule has 4 N–H and O–H groups in total. The minimum Gasteiger partial charge on any atom is -0.481 e. The Morgan fingerprint density at radius 2 is 2.27 bits per heavy atom. The molecule has 0 aromatic carbocycles. The van der Waals surface area contributed by atoms with E-state index in [1.165, 1.54) is 0 Å². The lowest BCUT2D eigenvalue weighted by Gasteiger charge is -2.27. The second-order valence-corrected chi connectivity index (χ2v) is 4.32. The number of amides is 1. The summed E-state index contributed by atoms with van der Waals surface area (Å²) >= 11 is 0. The Balaban J connectivity index is 2.42. The zero-order valence-electron chi connectivity index (χ0n) is 8.95. The predicted molar refractivity (Wildman–Crippen MR) is 55.2 cm³/mol. The highest BCUT2D eigenvalue weighted by Crippen LogP contribution is 2.36. The SMILES string of the molecule is CC1(C(=O)NCCC(=O)O)CCCC1N. The molecule has 1 aliphatic carbocycles. The molecular weight excluding hydrogens is 196 g/mol. The van der Waals surface area contributed by atoms with Gasteiger partial charge in [0, 0.05) is 12.6 Å². The van der Waals surface area contributed by atoms with Crippen LogP contribution in [0, 0.1) is 5.41 Å². The van der Waals surface area contributed by atoms with Gasteiger partial charge in [0.1, 0.15) is 0 Å². The fourth-order valence-electron chi connectivity index (χ4n) is 1.96. The van der Waals surface area contributed by atoms with Crippen molar-refractivity contribution in [2.24, 2.45) is 11.1 Å². The van der Waals surface area contributed by atoms with Crippen LogP contribution in [0.4, 0.5) is 0 Å². The van der Waals surface area contributed by atoms with E-state index in [0.29, 0.717) is 0 Å². The maximum Gasteiger partial charge on any atom is 0.305 e. The summed E-state index contributed by atoms with van der Waals surface area (Å²) < 4.78 is 0. The number of hydrogen-bond donors (Lipinski definition) is 3. The molecule has 86 valence electrons. The molecule has 2 atom stereocenters. The van der Waals surface area contributed by atoms with Gasteiger partial charge in [-0.1, -0.05) is 6.42 Å². The highest BCUT2D eigenvalue weighted by atomic mass is 16.4. The van der Waals surface area contributed by atoms with Gasteiger partial charge < -0.3 is 16.2 Å². The van der Waals surface area contributed by atoms with Crippen LogP contribution in [0.2, 0.25) is 0 Å². The van der Waals surface area contributed by atoms with Gasteiger partial charge in [-0.2, -0.15) is 0 Å². The maximum atomic E-state index is 11.8. The first-order chi connectivity index (χ1) is 6.97. The van der Waals surface area contributed by atoms with Gasteiger partial charge in [0.2, 0.25) is 5.91 Å². The van der Waals surface area contributed by atoms with Gasteiger partial charge in [-0.05, 0) is 19.8 Å². The van der Waals surface area contributed by atoms with Gasteiger partial charge in [0.25, 0.3) is 0 Å². The molecule has 0 aliphatic heterocycles. The van der Waals surface area contributed by atoms with Crippen molar-refractivity contribution in [1.29, 1.82) is 0 Å². The zero-order chi connectivity index (χ0) is 11.5. The van der Waals surface area contributed by atoms with Crippen molar-refractivity contribution in [2.75, 3.05) is 6.54 Å². The Labute approximate surface area is 89.0 Å². The number of aliphatic carboxylic acids is 1. The molecule has 1 aliphatic rings. The zero-order valence-corrected chi connectivity index (χ0v) is 8.95. The topological polar surface area (TPSA) is 92.4 Å². The van der Waals surface area contributed by atoms with Gasteiger partial charge in [-0.3, -0.25) is 9.59 Å². The van der Waals surface area contributed by atoms with Crippen molar-refractivity contribution in [3.05, 3.63) is 0 Å². The van der Waals surface area contributed by atoms with Crippen molar-refractivity contribution >= 4 is 11.9 Å². The maximum absolute atomic E-state index is 11.8. The monoisotopic (exact) mass is 214 g/mol. The van der Waals surface area contributed by atoms with Crippen LogP contribution in [0.15, 0.2) is 0 Å². The lowest BCUT2D eigenvalue weighted by molar-refractivity contribution is -0.137. The Morgan fingerprint density at radius 3 is 2.73 bits per heavy atom. The van der Waals surface area contributed by atoms with E-state index in [4.69, 9.17) is 10.8 Å². The first-order valence-corrected chi connectivity index (χ1v) is 5.22. The van der Waals surface area contributed by atoms with E-state index in [1.54, 1.807) is 0 Å². The van der Waals surface area contributed by atoms with Crippen molar-refractivity contribution < 1.29 is 14.7 Å². The number of carboxylic acid groups (broad SMARTS) is 1. The summed E-state index contributed by atoms with van der Waals surface area (Å²) in [6.45, 7) is 2.03. The molecule has 1 saturated carbocycles. The quantitative estimate of drug-likeness (QED) is 0.618. The van der Waals surface area contributed by atoms with Crippen LogP contribution in [0.25, 0.3) is 0 Å². The minimum atomic E-state index is -0.906. The van der Waals surface area contributed by atoms with E-state index < -0.39 is 11.4 Å². The molecule has 5 nitrogen and oxygen atoms in total. The molecule has 0 spiro atoms. The van der Waals surface area contributed by atoms with E-state index in [-0.39, 0.29) is 24.9 Å². The van der Waals surface area contributed by atoms with Gasteiger partial charge in [0.15, 0.2) is 0 Å². The van der Waals surface area contributed by atoms with Crippen LogP contribution >= 0.6 is 0 Å². The molecule has 5 heteroatoms. The number of carbonyl (C=O) groups excluding carboxylic acids is 1. The van der Waals surface area contributed by atoms with Gasteiger partial charge in [-0.15, -0.1) is 0 Å². The number of nitrogens with two attached hydrogens (primary N) is 1. The summed E-state index contributed by atoms with van der Waals surface area (Å²) in [5.74, 6) is -1.02. The number of hydrogen-bond acceptors (Lipinski definition) is 3. The number of carbonyl (C=O) groups is 2. The second-order valence-electron chi connectivity index (χ2n) is 4.32. The number of carboxylic acids is 1. The molecule has 0 aromatic rings. The fraction of sp³-hybridized carbons (Fsp3) is 0.800. The summed E-state index contributed by atoms with van der Waals surface area (Å²) in [6, 6.07) is -0.109. The van der Waals surface area contributed by atoms with Gasteiger partial charge in [-0.25, -0.2) is 0 Å². The number of nitrogens with one attached hydrogen (secondary N) is 1. The first-order valence-electron chi connectivity index (χ1n) is 5.22. The van der Waals surface area contributed by atoms with Crippen molar-refractivity contribution in [1.82, 2.24) is 5.32 Å². The number of rotatable bonds is 4. The molecule has 1 amide bonds. The third-order valence-electron chi connectivity index (χ3n) is 3.17. The molecule has 0 radical (unpaired) electrons.